The van der Waals surface area contributed by atoms with Gasteiger partial charge in [-0.05, 0) is 49.6 Å². The number of fused-ring (bicyclic) bond motifs is 1. The first-order chi connectivity index (χ1) is 12.8. The highest BCUT2D eigenvalue weighted by molar-refractivity contribution is 8.13. The quantitative estimate of drug-likeness (QED) is 0.784. The highest BCUT2D eigenvalue weighted by Gasteiger charge is 2.47. The first-order valence-corrected chi connectivity index (χ1v) is 12.0. The van der Waals surface area contributed by atoms with E-state index in [1.165, 1.54) is 22.3 Å². The van der Waals surface area contributed by atoms with Crippen LogP contribution in [0.3, 0.4) is 0 Å². The van der Waals surface area contributed by atoms with Gasteiger partial charge in [-0.15, -0.1) is 0 Å². The fraction of sp³-hybridized carbons (Fsp3) is 0.381. The molecule has 0 saturated carbocycles. The van der Waals surface area contributed by atoms with Crippen molar-refractivity contribution in [3.8, 4) is 0 Å². The van der Waals surface area contributed by atoms with Crippen molar-refractivity contribution < 1.29 is 8.42 Å². The monoisotopic (exact) mass is 400 g/mol. The van der Waals surface area contributed by atoms with E-state index in [4.69, 9.17) is 4.99 Å². The van der Waals surface area contributed by atoms with Gasteiger partial charge in [0.1, 0.15) is 0 Å². The molecular weight excluding hydrogens is 376 g/mol. The number of nitrogens with zero attached hydrogens (tertiary/aromatic N) is 2. The zero-order valence-corrected chi connectivity index (χ0v) is 17.5. The molecule has 2 aromatic rings. The number of thioether (sulfide) groups is 1. The maximum absolute atomic E-state index is 12.1. The number of amidine groups is 1. The van der Waals surface area contributed by atoms with E-state index < -0.39 is 9.84 Å². The second kappa shape index (κ2) is 6.99. The SMILES string of the molecule is Cc1ccc(N2C(SCc3ccc(C)c(C)c3)=NC3CS(=O)(=O)CC32)cc1. The molecule has 4 nitrogen and oxygen atoms in total. The largest absolute Gasteiger partial charge is 0.315 e. The standard InChI is InChI=1S/C21H24N2O2S2/c1-14-4-8-18(9-5-14)23-20-13-27(24,25)12-19(20)22-21(23)26-11-17-7-6-15(2)16(3)10-17/h4-10,19-20H,11-13H2,1-3H3. The van der Waals surface area contributed by atoms with E-state index in [1.54, 1.807) is 11.8 Å². The molecule has 0 spiro atoms. The van der Waals surface area contributed by atoms with Crippen molar-refractivity contribution in [3.05, 3.63) is 64.7 Å². The smallest absolute Gasteiger partial charge is 0.164 e. The van der Waals surface area contributed by atoms with E-state index in [0.717, 1.165) is 16.6 Å². The third-order valence-corrected chi connectivity index (χ3v) is 8.10. The van der Waals surface area contributed by atoms with Crippen LogP contribution >= 0.6 is 11.8 Å². The maximum atomic E-state index is 12.1. The van der Waals surface area contributed by atoms with E-state index in [-0.39, 0.29) is 23.6 Å². The van der Waals surface area contributed by atoms with E-state index in [1.807, 2.05) is 0 Å². The van der Waals surface area contributed by atoms with Crippen LogP contribution < -0.4 is 4.90 Å². The Morgan fingerprint density at radius 1 is 1.04 bits per heavy atom. The topological polar surface area (TPSA) is 49.7 Å². The second-order valence-corrected chi connectivity index (χ2v) is 10.6. The Morgan fingerprint density at radius 3 is 2.48 bits per heavy atom. The van der Waals surface area contributed by atoms with Gasteiger partial charge in [0.25, 0.3) is 0 Å². The summed E-state index contributed by atoms with van der Waals surface area (Å²) in [5.74, 6) is 1.17. The van der Waals surface area contributed by atoms with Crippen LogP contribution in [-0.4, -0.2) is 37.2 Å². The molecule has 2 unspecified atom stereocenters. The summed E-state index contributed by atoms with van der Waals surface area (Å²) in [4.78, 5) is 6.95. The summed E-state index contributed by atoms with van der Waals surface area (Å²) in [6.07, 6.45) is 0. The number of anilines is 1. The second-order valence-electron chi connectivity index (χ2n) is 7.54. The van der Waals surface area contributed by atoms with E-state index in [9.17, 15) is 8.42 Å². The Labute approximate surface area is 165 Å². The Kier molecular flexibility index (Phi) is 4.80. The number of benzene rings is 2. The van der Waals surface area contributed by atoms with Crippen molar-refractivity contribution in [1.29, 1.82) is 0 Å². The predicted molar refractivity (Wildman–Crippen MR) is 115 cm³/mol. The van der Waals surface area contributed by atoms with Crippen LogP contribution in [0.25, 0.3) is 0 Å². The Balaban J connectivity index is 1.60. The number of aryl methyl sites for hydroxylation is 3. The fourth-order valence-electron chi connectivity index (χ4n) is 3.68. The van der Waals surface area contributed by atoms with Gasteiger partial charge in [0.2, 0.25) is 0 Å². The molecule has 4 rings (SSSR count). The molecule has 2 aliphatic heterocycles. The summed E-state index contributed by atoms with van der Waals surface area (Å²) in [5.41, 5.74) is 6.06. The minimum Gasteiger partial charge on any atom is -0.315 e. The number of sulfone groups is 1. The zero-order valence-electron chi connectivity index (χ0n) is 15.8. The molecule has 0 amide bonds. The highest BCUT2D eigenvalue weighted by Crippen LogP contribution is 2.36. The first kappa shape index (κ1) is 18.6. The Hall–Kier alpha value is -1.79. The van der Waals surface area contributed by atoms with Crippen LogP contribution in [0.1, 0.15) is 22.3 Å². The summed E-state index contributed by atoms with van der Waals surface area (Å²) in [7, 11) is -3.01. The lowest BCUT2D eigenvalue weighted by molar-refractivity contribution is 0.601. The summed E-state index contributed by atoms with van der Waals surface area (Å²) in [5, 5.41) is 0.932. The van der Waals surface area contributed by atoms with Crippen molar-refractivity contribution in [2.24, 2.45) is 4.99 Å². The van der Waals surface area contributed by atoms with Crippen LogP contribution in [0, 0.1) is 20.8 Å². The van der Waals surface area contributed by atoms with Crippen LogP contribution in [0.4, 0.5) is 5.69 Å². The summed E-state index contributed by atoms with van der Waals surface area (Å²) in [6, 6.07) is 14.6. The summed E-state index contributed by atoms with van der Waals surface area (Å²) < 4.78 is 24.3. The average Bonchev–Trinajstić information content (AvgIpc) is 3.08. The van der Waals surface area contributed by atoms with Crippen LogP contribution in [0.15, 0.2) is 47.5 Å². The Morgan fingerprint density at radius 2 is 1.78 bits per heavy atom. The number of aliphatic imine (C=N–C) groups is 1. The molecule has 2 aromatic carbocycles. The number of hydrogen-bond donors (Lipinski definition) is 0. The maximum Gasteiger partial charge on any atom is 0.164 e. The summed E-state index contributed by atoms with van der Waals surface area (Å²) >= 11 is 1.70. The fourth-order valence-corrected chi connectivity index (χ4v) is 6.59. The molecular formula is C21H24N2O2S2. The van der Waals surface area contributed by atoms with Gasteiger partial charge < -0.3 is 4.90 Å². The third kappa shape index (κ3) is 3.78. The number of hydrogen-bond acceptors (Lipinski definition) is 5. The molecule has 27 heavy (non-hydrogen) atoms. The lowest BCUT2D eigenvalue weighted by Gasteiger charge is -2.26. The molecule has 142 valence electrons. The molecule has 1 fully saturated rings. The molecule has 0 N–H and O–H groups in total. The molecule has 0 aliphatic carbocycles. The minimum absolute atomic E-state index is 0.0834. The van der Waals surface area contributed by atoms with Crippen molar-refractivity contribution in [1.82, 2.24) is 0 Å². The molecule has 0 bridgehead atoms. The van der Waals surface area contributed by atoms with E-state index >= 15 is 0 Å². The highest BCUT2D eigenvalue weighted by atomic mass is 32.2. The van der Waals surface area contributed by atoms with E-state index in [0.29, 0.717) is 0 Å². The molecule has 1 saturated heterocycles. The van der Waals surface area contributed by atoms with Gasteiger partial charge in [0.15, 0.2) is 15.0 Å². The van der Waals surface area contributed by atoms with Crippen molar-refractivity contribution >= 4 is 32.5 Å². The zero-order chi connectivity index (χ0) is 19.2. The lowest BCUT2D eigenvalue weighted by atomic mass is 10.1. The first-order valence-electron chi connectivity index (χ1n) is 9.15. The van der Waals surface area contributed by atoms with Crippen LogP contribution in [0.2, 0.25) is 0 Å². The molecule has 0 radical (unpaired) electrons. The molecule has 6 heteroatoms. The minimum atomic E-state index is -3.01. The van der Waals surface area contributed by atoms with Gasteiger partial charge in [-0.3, -0.25) is 4.99 Å². The van der Waals surface area contributed by atoms with Gasteiger partial charge in [-0.2, -0.15) is 0 Å². The van der Waals surface area contributed by atoms with Gasteiger partial charge in [-0.25, -0.2) is 8.42 Å². The van der Waals surface area contributed by atoms with Gasteiger partial charge in [0, 0.05) is 11.4 Å². The Bertz CT molecular complexity index is 997. The molecule has 2 aliphatic rings. The number of rotatable bonds is 3. The third-order valence-electron chi connectivity index (χ3n) is 5.36. The van der Waals surface area contributed by atoms with Crippen molar-refractivity contribution in [2.75, 3.05) is 16.4 Å². The van der Waals surface area contributed by atoms with Gasteiger partial charge >= 0.3 is 0 Å². The lowest BCUT2D eigenvalue weighted by Crippen LogP contribution is -2.39. The van der Waals surface area contributed by atoms with Crippen molar-refractivity contribution in [2.45, 2.75) is 38.6 Å². The van der Waals surface area contributed by atoms with Gasteiger partial charge in [0.05, 0.1) is 23.6 Å². The summed E-state index contributed by atoms with van der Waals surface area (Å²) in [6.45, 7) is 6.30. The van der Waals surface area contributed by atoms with E-state index in [2.05, 4.69) is 68.1 Å². The van der Waals surface area contributed by atoms with Crippen molar-refractivity contribution in [3.63, 3.8) is 0 Å². The normalized spacial score (nSPS) is 23.4. The molecule has 2 atom stereocenters. The molecule has 0 aromatic heterocycles. The predicted octanol–water partition coefficient (Wildman–Crippen LogP) is 3.89. The van der Waals surface area contributed by atoms with Gasteiger partial charge in [-0.1, -0.05) is 47.7 Å². The average molecular weight is 401 g/mol. The van der Waals surface area contributed by atoms with Crippen LogP contribution in [-0.2, 0) is 15.6 Å². The molecule has 2 heterocycles. The van der Waals surface area contributed by atoms with Crippen LogP contribution in [0.5, 0.6) is 0 Å².